The molecule has 0 radical (unpaired) electrons. The summed E-state index contributed by atoms with van der Waals surface area (Å²) in [7, 11) is 0. The molecule has 0 aromatic heterocycles. The molecule has 20 heavy (non-hydrogen) atoms. The summed E-state index contributed by atoms with van der Waals surface area (Å²) >= 11 is 0. The van der Waals surface area contributed by atoms with Crippen LogP contribution in [0.15, 0.2) is 18.2 Å². The fourth-order valence-corrected chi connectivity index (χ4v) is 2.03. The van der Waals surface area contributed by atoms with Crippen LogP contribution in [0.3, 0.4) is 0 Å². The van der Waals surface area contributed by atoms with Crippen LogP contribution in [0.25, 0.3) is 0 Å². The van der Waals surface area contributed by atoms with Crippen molar-refractivity contribution in [1.82, 2.24) is 15.5 Å². The van der Waals surface area contributed by atoms with Crippen molar-refractivity contribution in [2.75, 3.05) is 26.2 Å². The molecule has 0 saturated carbocycles. The molecule has 2 amide bonds. The van der Waals surface area contributed by atoms with Gasteiger partial charge in [-0.1, -0.05) is 12.1 Å². The standard InChI is InChI=1S/C14H18FN3O2/c1-10-2-3-11(6-12(10)15)7-17-14(20)9-18-5-4-16-13(19)8-18/h2-3,6H,4-5,7-9H2,1H3,(H,16,19)(H,17,20). The third-order valence-electron chi connectivity index (χ3n) is 3.21. The van der Waals surface area contributed by atoms with Crippen molar-refractivity contribution < 1.29 is 14.0 Å². The molecule has 2 rings (SSSR count). The Morgan fingerprint density at radius 3 is 3.00 bits per heavy atom. The van der Waals surface area contributed by atoms with Gasteiger partial charge in [-0.2, -0.15) is 0 Å². The molecule has 1 aliphatic rings. The first-order valence-corrected chi connectivity index (χ1v) is 6.55. The normalized spacial score (nSPS) is 15.8. The third kappa shape index (κ3) is 4.03. The number of carbonyl (C=O) groups is 2. The fraction of sp³-hybridized carbons (Fsp3) is 0.429. The van der Waals surface area contributed by atoms with E-state index >= 15 is 0 Å². The first-order valence-electron chi connectivity index (χ1n) is 6.55. The Morgan fingerprint density at radius 1 is 1.50 bits per heavy atom. The van der Waals surface area contributed by atoms with Crippen LogP contribution in [0.1, 0.15) is 11.1 Å². The lowest BCUT2D eigenvalue weighted by Gasteiger charge is -2.25. The molecule has 5 nitrogen and oxygen atoms in total. The predicted molar refractivity (Wildman–Crippen MR) is 72.4 cm³/mol. The minimum Gasteiger partial charge on any atom is -0.354 e. The molecule has 0 atom stereocenters. The van der Waals surface area contributed by atoms with Crippen LogP contribution in [0.4, 0.5) is 4.39 Å². The molecule has 1 aliphatic heterocycles. The molecule has 108 valence electrons. The molecule has 0 unspecified atom stereocenters. The number of carbonyl (C=O) groups excluding carboxylic acids is 2. The van der Waals surface area contributed by atoms with Gasteiger partial charge in [0.1, 0.15) is 5.82 Å². The molecule has 1 saturated heterocycles. The Balaban J connectivity index is 1.79. The number of nitrogens with one attached hydrogen (secondary N) is 2. The zero-order chi connectivity index (χ0) is 14.5. The second kappa shape index (κ2) is 6.47. The molecular formula is C14H18FN3O2. The topological polar surface area (TPSA) is 61.4 Å². The summed E-state index contributed by atoms with van der Waals surface area (Å²) in [5.41, 5.74) is 1.30. The Labute approximate surface area is 117 Å². The summed E-state index contributed by atoms with van der Waals surface area (Å²) in [5.74, 6) is -0.505. The van der Waals surface area contributed by atoms with Crippen LogP contribution in [-0.4, -0.2) is 42.9 Å². The van der Waals surface area contributed by atoms with E-state index in [0.717, 1.165) is 5.56 Å². The van der Waals surface area contributed by atoms with Gasteiger partial charge in [0.25, 0.3) is 0 Å². The number of rotatable bonds is 4. The van der Waals surface area contributed by atoms with Gasteiger partial charge in [0, 0.05) is 19.6 Å². The van der Waals surface area contributed by atoms with Crippen molar-refractivity contribution in [3.8, 4) is 0 Å². The monoisotopic (exact) mass is 279 g/mol. The first-order chi connectivity index (χ1) is 9.54. The highest BCUT2D eigenvalue weighted by atomic mass is 19.1. The molecule has 0 aliphatic carbocycles. The van der Waals surface area contributed by atoms with E-state index in [4.69, 9.17) is 0 Å². The maximum absolute atomic E-state index is 13.4. The van der Waals surface area contributed by atoms with E-state index in [1.807, 2.05) is 0 Å². The van der Waals surface area contributed by atoms with Gasteiger partial charge in [0.05, 0.1) is 13.1 Å². The lowest BCUT2D eigenvalue weighted by atomic mass is 10.1. The molecule has 0 spiro atoms. The summed E-state index contributed by atoms with van der Waals surface area (Å²) in [5, 5.41) is 5.43. The maximum Gasteiger partial charge on any atom is 0.234 e. The molecule has 2 N–H and O–H groups in total. The van der Waals surface area contributed by atoms with Crippen molar-refractivity contribution in [2.45, 2.75) is 13.5 Å². The summed E-state index contributed by atoms with van der Waals surface area (Å²) in [4.78, 5) is 24.7. The molecule has 6 heteroatoms. The van der Waals surface area contributed by atoms with Gasteiger partial charge in [0.2, 0.25) is 11.8 Å². The lowest BCUT2D eigenvalue weighted by molar-refractivity contribution is -0.127. The van der Waals surface area contributed by atoms with Gasteiger partial charge in [-0.25, -0.2) is 4.39 Å². The van der Waals surface area contributed by atoms with Crippen molar-refractivity contribution in [2.24, 2.45) is 0 Å². The highest BCUT2D eigenvalue weighted by Gasteiger charge is 2.18. The second-order valence-corrected chi connectivity index (χ2v) is 4.92. The molecule has 1 heterocycles. The Hall–Kier alpha value is -1.95. The van der Waals surface area contributed by atoms with Crippen LogP contribution in [0.2, 0.25) is 0 Å². The van der Waals surface area contributed by atoms with Crippen LogP contribution < -0.4 is 10.6 Å². The Bertz CT molecular complexity index is 519. The van der Waals surface area contributed by atoms with E-state index in [0.29, 0.717) is 18.7 Å². The number of nitrogens with zero attached hydrogens (tertiary/aromatic N) is 1. The average molecular weight is 279 g/mol. The molecule has 1 aromatic carbocycles. The van der Waals surface area contributed by atoms with E-state index < -0.39 is 0 Å². The summed E-state index contributed by atoms with van der Waals surface area (Å²) in [6.45, 7) is 3.64. The number of hydrogen-bond acceptors (Lipinski definition) is 3. The molecular weight excluding hydrogens is 261 g/mol. The Morgan fingerprint density at radius 2 is 2.30 bits per heavy atom. The smallest absolute Gasteiger partial charge is 0.234 e. The SMILES string of the molecule is Cc1ccc(CNC(=O)CN2CCNC(=O)C2)cc1F. The predicted octanol–water partition coefficient (Wildman–Crippen LogP) is 0.182. The van der Waals surface area contributed by atoms with Gasteiger partial charge in [0.15, 0.2) is 0 Å². The average Bonchev–Trinajstić information content (AvgIpc) is 2.40. The number of halogens is 1. The second-order valence-electron chi connectivity index (χ2n) is 4.92. The van der Waals surface area contributed by atoms with Gasteiger partial charge < -0.3 is 10.6 Å². The van der Waals surface area contributed by atoms with E-state index in [-0.39, 0.29) is 37.3 Å². The summed E-state index contributed by atoms with van der Waals surface area (Å²) < 4.78 is 13.4. The lowest BCUT2D eigenvalue weighted by Crippen LogP contribution is -2.50. The van der Waals surface area contributed by atoms with E-state index in [1.165, 1.54) is 6.07 Å². The van der Waals surface area contributed by atoms with Crippen LogP contribution in [0, 0.1) is 12.7 Å². The first kappa shape index (κ1) is 14.5. The Kier molecular flexibility index (Phi) is 4.68. The molecule has 1 fully saturated rings. The minimum atomic E-state index is -0.274. The number of piperazine rings is 1. The number of benzene rings is 1. The van der Waals surface area contributed by atoms with Gasteiger partial charge >= 0.3 is 0 Å². The summed E-state index contributed by atoms with van der Waals surface area (Å²) in [6.07, 6.45) is 0. The quantitative estimate of drug-likeness (QED) is 0.826. The van der Waals surface area contributed by atoms with Crippen LogP contribution in [-0.2, 0) is 16.1 Å². The van der Waals surface area contributed by atoms with Gasteiger partial charge in [-0.15, -0.1) is 0 Å². The van der Waals surface area contributed by atoms with Crippen molar-refractivity contribution in [3.05, 3.63) is 35.1 Å². The fourth-order valence-electron chi connectivity index (χ4n) is 2.03. The maximum atomic E-state index is 13.4. The zero-order valence-electron chi connectivity index (χ0n) is 11.4. The van der Waals surface area contributed by atoms with Gasteiger partial charge in [-0.05, 0) is 24.1 Å². The number of aryl methyl sites for hydroxylation is 1. The highest BCUT2D eigenvalue weighted by molar-refractivity contribution is 5.81. The van der Waals surface area contributed by atoms with Crippen LogP contribution in [0.5, 0.6) is 0 Å². The van der Waals surface area contributed by atoms with Crippen LogP contribution >= 0.6 is 0 Å². The number of hydrogen-bond donors (Lipinski definition) is 2. The van der Waals surface area contributed by atoms with E-state index in [9.17, 15) is 14.0 Å². The molecule has 1 aromatic rings. The zero-order valence-corrected chi connectivity index (χ0v) is 11.4. The third-order valence-corrected chi connectivity index (χ3v) is 3.21. The van der Waals surface area contributed by atoms with Crippen molar-refractivity contribution in [3.63, 3.8) is 0 Å². The van der Waals surface area contributed by atoms with Gasteiger partial charge in [-0.3, -0.25) is 14.5 Å². The largest absolute Gasteiger partial charge is 0.354 e. The summed E-state index contributed by atoms with van der Waals surface area (Å²) in [6, 6.07) is 4.89. The number of amides is 2. The minimum absolute atomic E-state index is 0.0651. The highest BCUT2D eigenvalue weighted by Crippen LogP contribution is 2.08. The molecule has 0 bridgehead atoms. The van der Waals surface area contributed by atoms with Crippen molar-refractivity contribution >= 4 is 11.8 Å². The van der Waals surface area contributed by atoms with E-state index in [1.54, 1.807) is 24.0 Å². The van der Waals surface area contributed by atoms with Crippen molar-refractivity contribution in [1.29, 1.82) is 0 Å². The van der Waals surface area contributed by atoms with E-state index in [2.05, 4.69) is 10.6 Å².